The number of nitrogens with zero attached hydrogens (tertiary/aromatic N) is 1. The summed E-state index contributed by atoms with van der Waals surface area (Å²) in [6, 6.07) is 14.9. The van der Waals surface area contributed by atoms with E-state index in [1.807, 2.05) is 6.92 Å². The van der Waals surface area contributed by atoms with Gasteiger partial charge in [-0.1, -0.05) is 48.6 Å². The van der Waals surface area contributed by atoms with Crippen molar-refractivity contribution < 1.29 is 17.9 Å². The Balaban J connectivity index is 2.39. The molecule has 2 rings (SSSR count). The molecule has 0 atom stereocenters. The topological polar surface area (TPSA) is 63.7 Å². The second-order valence-electron chi connectivity index (χ2n) is 5.13. The summed E-state index contributed by atoms with van der Waals surface area (Å²) < 4.78 is 31.9. The van der Waals surface area contributed by atoms with Crippen LogP contribution < -0.4 is 4.31 Å². The van der Waals surface area contributed by atoms with Crippen molar-refractivity contribution in [3.63, 3.8) is 0 Å². The normalized spacial score (nSPS) is 10.9. The Kier molecular flexibility index (Phi) is 5.76. The predicted molar refractivity (Wildman–Crippen MR) is 93.3 cm³/mol. The van der Waals surface area contributed by atoms with Crippen molar-refractivity contribution in [2.24, 2.45) is 0 Å². The maximum absolute atomic E-state index is 13.0. The van der Waals surface area contributed by atoms with Crippen molar-refractivity contribution in [3.05, 3.63) is 72.8 Å². The fourth-order valence-electron chi connectivity index (χ4n) is 2.06. The zero-order valence-corrected chi connectivity index (χ0v) is 14.2. The number of aryl methyl sites for hydroxylation is 1. The molecule has 0 heterocycles. The molecule has 0 spiro atoms. The van der Waals surface area contributed by atoms with Gasteiger partial charge in [-0.2, -0.15) is 0 Å². The van der Waals surface area contributed by atoms with Crippen LogP contribution in [0.1, 0.15) is 5.56 Å². The molecule has 0 aliphatic carbocycles. The second-order valence-corrected chi connectivity index (χ2v) is 6.99. The lowest BCUT2D eigenvalue weighted by atomic mass is 10.2. The van der Waals surface area contributed by atoms with Gasteiger partial charge in [0.2, 0.25) is 0 Å². The van der Waals surface area contributed by atoms with Gasteiger partial charge in [-0.25, -0.2) is 8.42 Å². The summed E-state index contributed by atoms with van der Waals surface area (Å²) in [7, 11) is -3.88. The van der Waals surface area contributed by atoms with Crippen LogP contribution in [0, 0.1) is 6.92 Å². The molecule has 0 aliphatic heterocycles. The van der Waals surface area contributed by atoms with E-state index >= 15 is 0 Å². The monoisotopic (exact) mass is 345 g/mol. The van der Waals surface area contributed by atoms with E-state index in [9.17, 15) is 13.2 Å². The van der Waals surface area contributed by atoms with Crippen molar-refractivity contribution in [2.75, 3.05) is 17.5 Å². The lowest BCUT2D eigenvalue weighted by Gasteiger charge is -2.23. The van der Waals surface area contributed by atoms with Crippen LogP contribution in [0.2, 0.25) is 0 Å². The molecule has 0 aromatic heterocycles. The first-order chi connectivity index (χ1) is 11.4. The van der Waals surface area contributed by atoms with Crippen LogP contribution in [0.25, 0.3) is 0 Å². The number of esters is 1. The molecule has 0 fully saturated rings. The highest BCUT2D eigenvalue weighted by Gasteiger charge is 2.27. The molecule has 5 nitrogen and oxygen atoms in total. The van der Waals surface area contributed by atoms with Gasteiger partial charge in [0, 0.05) is 0 Å². The molecule has 0 radical (unpaired) electrons. The third-order valence-electron chi connectivity index (χ3n) is 3.29. The van der Waals surface area contributed by atoms with Crippen LogP contribution in [0.4, 0.5) is 5.69 Å². The van der Waals surface area contributed by atoms with Crippen LogP contribution in [-0.4, -0.2) is 27.5 Å². The highest BCUT2D eigenvalue weighted by atomic mass is 32.2. The summed E-state index contributed by atoms with van der Waals surface area (Å²) in [6.45, 7) is 4.96. The van der Waals surface area contributed by atoms with Crippen LogP contribution in [0.3, 0.4) is 0 Å². The van der Waals surface area contributed by atoms with Gasteiger partial charge in [-0.3, -0.25) is 9.10 Å². The quantitative estimate of drug-likeness (QED) is 0.572. The van der Waals surface area contributed by atoms with Gasteiger partial charge in [0.1, 0.15) is 13.2 Å². The molecule has 2 aromatic carbocycles. The molecule has 2 aromatic rings. The van der Waals surface area contributed by atoms with Gasteiger partial charge in [0.05, 0.1) is 10.6 Å². The van der Waals surface area contributed by atoms with Crippen molar-refractivity contribution in [1.82, 2.24) is 0 Å². The van der Waals surface area contributed by atoms with Gasteiger partial charge in [0.15, 0.2) is 0 Å². The Morgan fingerprint density at radius 1 is 1.12 bits per heavy atom. The first-order valence-corrected chi connectivity index (χ1v) is 8.80. The zero-order valence-electron chi connectivity index (χ0n) is 13.4. The number of carbonyl (C=O) groups excluding carboxylic acids is 1. The standard InChI is InChI=1S/C18H19NO4S/c1-3-13-23-18(20)14-19(16-7-5-4-6-8-16)24(21,22)17-11-9-15(2)10-12-17/h3-12H,1,13-14H2,2H3. The molecule has 24 heavy (non-hydrogen) atoms. The van der Waals surface area contributed by atoms with E-state index in [0.717, 1.165) is 9.87 Å². The molecule has 0 N–H and O–H groups in total. The lowest BCUT2D eigenvalue weighted by Crippen LogP contribution is -2.36. The summed E-state index contributed by atoms with van der Waals surface area (Å²) in [5, 5.41) is 0. The molecule has 0 unspecified atom stereocenters. The SMILES string of the molecule is C=CCOC(=O)CN(c1ccccc1)S(=O)(=O)c1ccc(C)cc1. The number of benzene rings is 2. The smallest absolute Gasteiger partial charge is 0.327 e. The van der Waals surface area contributed by atoms with Crippen molar-refractivity contribution in [1.29, 1.82) is 0 Å². The number of ether oxygens (including phenoxy) is 1. The molecule has 0 amide bonds. The number of rotatable bonds is 7. The highest BCUT2D eigenvalue weighted by Crippen LogP contribution is 2.23. The highest BCUT2D eigenvalue weighted by molar-refractivity contribution is 7.92. The maximum atomic E-state index is 13.0. The first-order valence-electron chi connectivity index (χ1n) is 7.36. The minimum Gasteiger partial charge on any atom is -0.460 e. The Morgan fingerprint density at radius 2 is 1.75 bits per heavy atom. The van der Waals surface area contributed by atoms with Crippen molar-refractivity contribution >= 4 is 21.7 Å². The number of anilines is 1. The Morgan fingerprint density at radius 3 is 2.33 bits per heavy atom. The van der Waals surface area contributed by atoms with Crippen LogP contribution >= 0.6 is 0 Å². The zero-order chi connectivity index (χ0) is 17.6. The van der Waals surface area contributed by atoms with E-state index in [1.54, 1.807) is 42.5 Å². The third-order valence-corrected chi connectivity index (χ3v) is 5.08. The van der Waals surface area contributed by atoms with Crippen LogP contribution in [0.5, 0.6) is 0 Å². The minimum atomic E-state index is -3.88. The fourth-order valence-corrected chi connectivity index (χ4v) is 3.47. The van der Waals surface area contributed by atoms with E-state index in [-0.39, 0.29) is 11.5 Å². The first kappa shape index (κ1) is 17.7. The Labute approximate surface area is 142 Å². The molecular formula is C18H19NO4S. The predicted octanol–water partition coefficient (Wildman–Crippen LogP) is 2.92. The summed E-state index contributed by atoms with van der Waals surface area (Å²) in [6.07, 6.45) is 1.43. The fraction of sp³-hybridized carbons (Fsp3) is 0.167. The third kappa shape index (κ3) is 4.23. The molecular weight excluding hydrogens is 326 g/mol. The second kappa shape index (κ2) is 7.79. The summed E-state index contributed by atoms with van der Waals surface area (Å²) in [5.41, 5.74) is 1.35. The molecule has 126 valence electrons. The van der Waals surface area contributed by atoms with E-state index < -0.39 is 22.5 Å². The van der Waals surface area contributed by atoms with Gasteiger partial charge in [-0.15, -0.1) is 0 Å². The van der Waals surface area contributed by atoms with Crippen molar-refractivity contribution in [2.45, 2.75) is 11.8 Å². The summed E-state index contributed by atoms with van der Waals surface area (Å²) in [4.78, 5) is 12.1. The molecule has 0 saturated carbocycles. The largest absolute Gasteiger partial charge is 0.460 e. The molecule has 0 saturated heterocycles. The van der Waals surface area contributed by atoms with Crippen LogP contribution in [-0.2, 0) is 19.6 Å². The Hall–Kier alpha value is -2.60. The molecule has 6 heteroatoms. The number of sulfonamides is 1. The van der Waals surface area contributed by atoms with E-state index in [0.29, 0.717) is 5.69 Å². The van der Waals surface area contributed by atoms with Gasteiger partial charge < -0.3 is 4.74 Å². The van der Waals surface area contributed by atoms with Crippen molar-refractivity contribution in [3.8, 4) is 0 Å². The number of hydrogen-bond acceptors (Lipinski definition) is 4. The summed E-state index contributed by atoms with van der Waals surface area (Å²) in [5.74, 6) is -0.644. The molecule has 0 aliphatic rings. The van der Waals surface area contributed by atoms with Crippen LogP contribution in [0.15, 0.2) is 72.1 Å². The average Bonchev–Trinajstić information content (AvgIpc) is 2.59. The Bertz CT molecular complexity index is 799. The maximum Gasteiger partial charge on any atom is 0.327 e. The lowest BCUT2D eigenvalue weighted by molar-refractivity contribution is -0.140. The summed E-state index contributed by atoms with van der Waals surface area (Å²) >= 11 is 0. The number of carbonyl (C=O) groups is 1. The molecule has 0 bridgehead atoms. The van der Waals surface area contributed by atoms with E-state index in [4.69, 9.17) is 4.74 Å². The number of para-hydroxylation sites is 1. The van der Waals surface area contributed by atoms with Gasteiger partial charge in [0.25, 0.3) is 10.0 Å². The average molecular weight is 345 g/mol. The van der Waals surface area contributed by atoms with E-state index in [1.165, 1.54) is 18.2 Å². The van der Waals surface area contributed by atoms with Gasteiger partial charge in [-0.05, 0) is 31.2 Å². The van der Waals surface area contributed by atoms with E-state index in [2.05, 4.69) is 6.58 Å². The van der Waals surface area contributed by atoms with Gasteiger partial charge >= 0.3 is 5.97 Å². The number of hydrogen-bond donors (Lipinski definition) is 0. The minimum absolute atomic E-state index is 0.0338.